The minimum atomic E-state index is 0. The number of nitrogens with two attached hydrogens (primary N) is 2. The number of hydrogen-bond acceptors (Lipinski definition) is 2. The van der Waals surface area contributed by atoms with Crippen molar-refractivity contribution in [1.29, 1.82) is 0 Å². The van der Waals surface area contributed by atoms with Crippen LogP contribution in [0.5, 0.6) is 0 Å². The Labute approximate surface area is 118 Å². The van der Waals surface area contributed by atoms with Gasteiger partial charge in [0, 0.05) is 36.0 Å². The number of rotatable bonds is 2. The van der Waals surface area contributed by atoms with Crippen molar-refractivity contribution in [3.8, 4) is 0 Å². The lowest BCUT2D eigenvalue weighted by Crippen LogP contribution is -3.00. The highest BCUT2D eigenvalue weighted by Crippen LogP contribution is 2.18. The van der Waals surface area contributed by atoms with Gasteiger partial charge >= 0.3 is 0 Å². The van der Waals surface area contributed by atoms with Crippen LogP contribution in [0.15, 0.2) is 42.5 Å². The minimum absolute atomic E-state index is 0. The van der Waals surface area contributed by atoms with Crippen LogP contribution in [0.2, 0.25) is 0 Å². The van der Waals surface area contributed by atoms with E-state index < -0.39 is 0 Å². The van der Waals surface area contributed by atoms with E-state index in [0.717, 1.165) is 22.2 Å². The van der Waals surface area contributed by atoms with Crippen LogP contribution in [0.3, 0.4) is 0 Å². The zero-order chi connectivity index (χ0) is 12.5. The molecule has 4 heteroatoms. The van der Waals surface area contributed by atoms with Crippen molar-refractivity contribution in [2.24, 2.45) is 11.5 Å². The van der Waals surface area contributed by atoms with Gasteiger partial charge in [-0.25, -0.2) is 4.98 Å². The Morgan fingerprint density at radius 3 is 1.63 bits per heavy atom. The minimum Gasteiger partial charge on any atom is -1.00 e. The van der Waals surface area contributed by atoms with Crippen LogP contribution < -0.4 is 28.9 Å². The Morgan fingerprint density at radius 2 is 1.21 bits per heavy atom. The van der Waals surface area contributed by atoms with E-state index in [1.165, 1.54) is 10.8 Å². The molecular formula is C15H16ClN3. The lowest BCUT2D eigenvalue weighted by molar-refractivity contribution is -0.310. The number of aromatic nitrogens is 1. The van der Waals surface area contributed by atoms with Gasteiger partial charge in [-0.15, -0.1) is 0 Å². The quantitative estimate of drug-likeness (QED) is 0.572. The molecule has 0 spiro atoms. The molecule has 0 aliphatic carbocycles. The molecule has 2 aromatic carbocycles. The van der Waals surface area contributed by atoms with Crippen molar-refractivity contribution in [3.05, 3.63) is 53.6 Å². The largest absolute Gasteiger partial charge is 1.00 e. The first kappa shape index (κ1) is 13.7. The van der Waals surface area contributed by atoms with E-state index in [4.69, 9.17) is 11.5 Å². The second-order valence-electron chi connectivity index (χ2n) is 4.52. The molecule has 0 radical (unpaired) electrons. The summed E-state index contributed by atoms with van der Waals surface area (Å²) in [5.41, 5.74) is 15.8. The summed E-state index contributed by atoms with van der Waals surface area (Å²) in [5.74, 6) is 0. The molecule has 0 saturated carbocycles. The maximum atomic E-state index is 5.67. The lowest BCUT2D eigenvalue weighted by Gasteiger charge is -2.00. The summed E-state index contributed by atoms with van der Waals surface area (Å²) in [6.07, 6.45) is 0. The Morgan fingerprint density at radius 1 is 0.737 bits per heavy atom. The Hall–Kier alpha value is -1.68. The standard InChI is InChI=1S/C15H15N3.ClH/c16-8-10-1-3-12-7-13-4-2-11(9-17)6-15(13)18-14(12)5-10;/h1-7H,8-9,16-17H2;1H. The fraction of sp³-hybridized carbons (Fsp3) is 0.133. The smallest absolute Gasteiger partial charge is 0.211 e. The van der Waals surface area contributed by atoms with Crippen LogP contribution in [-0.4, -0.2) is 0 Å². The van der Waals surface area contributed by atoms with Crippen LogP contribution in [0.25, 0.3) is 21.8 Å². The number of halogens is 1. The lowest BCUT2D eigenvalue weighted by atomic mass is 10.1. The average molecular weight is 274 g/mol. The van der Waals surface area contributed by atoms with E-state index in [1.807, 2.05) is 0 Å². The number of aromatic amines is 1. The van der Waals surface area contributed by atoms with Crippen molar-refractivity contribution >= 4 is 21.8 Å². The van der Waals surface area contributed by atoms with Gasteiger partial charge in [0.2, 0.25) is 11.0 Å². The van der Waals surface area contributed by atoms with Crippen LogP contribution in [0.4, 0.5) is 0 Å². The fourth-order valence-electron chi connectivity index (χ4n) is 2.24. The van der Waals surface area contributed by atoms with Gasteiger partial charge in [0.1, 0.15) is 0 Å². The molecule has 1 aromatic heterocycles. The normalized spacial score (nSPS) is 10.6. The fourth-order valence-corrected chi connectivity index (χ4v) is 2.24. The van der Waals surface area contributed by atoms with E-state index in [2.05, 4.69) is 47.4 Å². The third kappa shape index (κ3) is 2.54. The SMILES string of the molecule is NCc1ccc2cc3ccc(CN)cc3[nH+]c2c1.[Cl-]. The molecule has 0 aliphatic rings. The van der Waals surface area contributed by atoms with Gasteiger partial charge in [-0.1, -0.05) is 12.1 Å². The van der Waals surface area contributed by atoms with Crippen molar-refractivity contribution in [3.63, 3.8) is 0 Å². The van der Waals surface area contributed by atoms with Crippen LogP contribution in [0, 0.1) is 0 Å². The molecule has 98 valence electrons. The van der Waals surface area contributed by atoms with Gasteiger partial charge in [-0.05, 0) is 29.3 Å². The highest BCUT2D eigenvalue weighted by molar-refractivity contribution is 5.88. The summed E-state index contributed by atoms with van der Waals surface area (Å²) in [6.45, 7) is 1.12. The Kier molecular flexibility index (Phi) is 4.00. The summed E-state index contributed by atoms with van der Waals surface area (Å²) in [6, 6.07) is 14.7. The first-order valence-electron chi connectivity index (χ1n) is 6.08. The molecule has 3 nitrogen and oxygen atoms in total. The third-order valence-electron chi connectivity index (χ3n) is 3.29. The molecule has 0 aliphatic heterocycles. The van der Waals surface area contributed by atoms with Gasteiger partial charge in [0.05, 0.1) is 0 Å². The van der Waals surface area contributed by atoms with E-state index in [9.17, 15) is 0 Å². The Bertz CT molecular complexity index is 666. The third-order valence-corrected chi connectivity index (χ3v) is 3.29. The topological polar surface area (TPSA) is 66.2 Å². The molecule has 0 unspecified atom stereocenters. The maximum Gasteiger partial charge on any atom is 0.211 e. The zero-order valence-corrected chi connectivity index (χ0v) is 11.2. The Balaban J connectivity index is 0.00000133. The molecule has 19 heavy (non-hydrogen) atoms. The number of fused-ring (bicyclic) bond motifs is 2. The van der Waals surface area contributed by atoms with Crippen molar-refractivity contribution < 1.29 is 17.4 Å². The molecule has 3 rings (SSSR count). The van der Waals surface area contributed by atoms with E-state index in [1.54, 1.807) is 0 Å². The second kappa shape index (κ2) is 5.53. The van der Waals surface area contributed by atoms with Crippen LogP contribution in [-0.2, 0) is 13.1 Å². The number of benzene rings is 2. The summed E-state index contributed by atoms with van der Waals surface area (Å²) in [5, 5.41) is 2.39. The summed E-state index contributed by atoms with van der Waals surface area (Å²) < 4.78 is 0. The van der Waals surface area contributed by atoms with E-state index in [0.29, 0.717) is 13.1 Å². The molecule has 3 aromatic rings. The van der Waals surface area contributed by atoms with Crippen molar-refractivity contribution in [1.82, 2.24) is 0 Å². The number of pyridine rings is 1. The number of hydrogen-bond donors (Lipinski definition) is 2. The molecule has 0 bridgehead atoms. The van der Waals surface area contributed by atoms with Crippen LogP contribution >= 0.6 is 0 Å². The molecular weight excluding hydrogens is 258 g/mol. The molecule has 0 fully saturated rings. The molecule has 1 heterocycles. The summed E-state index contributed by atoms with van der Waals surface area (Å²) >= 11 is 0. The predicted octanol–water partition coefficient (Wildman–Crippen LogP) is -1.27. The van der Waals surface area contributed by atoms with Gasteiger partial charge in [-0.3, -0.25) is 0 Å². The molecule has 5 N–H and O–H groups in total. The maximum absolute atomic E-state index is 5.67. The summed E-state index contributed by atoms with van der Waals surface area (Å²) in [4.78, 5) is 3.45. The first-order chi connectivity index (χ1) is 8.80. The highest BCUT2D eigenvalue weighted by atomic mass is 35.5. The van der Waals surface area contributed by atoms with E-state index >= 15 is 0 Å². The van der Waals surface area contributed by atoms with Gasteiger partial charge in [-0.2, -0.15) is 0 Å². The molecule has 0 saturated heterocycles. The van der Waals surface area contributed by atoms with Gasteiger partial charge in [0.15, 0.2) is 0 Å². The molecule has 0 amide bonds. The van der Waals surface area contributed by atoms with Crippen molar-refractivity contribution in [2.75, 3.05) is 0 Å². The van der Waals surface area contributed by atoms with Crippen LogP contribution in [0.1, 0.15) is 11.1 Å². The van der Waals surface area contributed by atoms with E-state index in [-0.39, 0.29) is 12.4 Å². The predicted molar refractivity (Wildman–Crippen MR) is 73.8 cm³/mol. The number of nitrogens with one attached hydrogen (secondary N) is 1. The number of H-pyrrole nitrogens is 1. The van der Waals surface area contributed by atoms with Gasteiger partial charge in [0.25, 0.3) is 0 Å². The van der Waals surface area contributed by atoms with Gasteiger partial charge < -0.3 is 23.9 Å². The monoisotopic (exact) mass is 273 g/mol. The van der Waals surface area contributed by atoms with Crippen molar-refractivity contribution in [2.45, 2.75) is 13.1 Å². The zero-order valence-electron chi connectivity index (χ0n) is 10.5. The summed E-state index contributed by atoms with van der Waals surface area (Å²) in [7, 11) is 0. The second-order valence-corrected chi connectivity index (χ2v) is 4.52. The highest BCUT2D eigenvalue weighted by Gasteiger charge is 2.07. The average Bonchev–Trinajstić information content (AvgIpc) is 2.43. The molecule has 0 atom stereocenters. The first-order valence-corrected chi connectivity index (χ1v) is 6.08.